The lowest BCUT2D eigenvalue weighted by molar-refractivity contribution is -0.123. The summed E-state index contributed by atoms with van der Waals surface area (Å²) in [5, 5.41) is 0. The van der Waals surface area contributed by atoms with Crippen molar-refractivity contribution in [2.24, 2.45) is 11.8 Å². The van der Waals surface area contributed by atoms with E-state index in [0.29, 0.717) is 18.1 Å². The Hall–Kier alpha value is -1.11. The molecule has 0 aromatic heterocycles. The van der Waals surface area contributed by atoms with E-state index in [1.807, 2.05) is 0 Å². The lowest BCUT2D eigenvalue weighted by atomic mass is 9.77. The number of benzene rings is 1. The third-order valence-corrected chi connectivity index (χ3v) is 5.46. The number of hydrogen-bond acceptors (Lipinski definition) is 1. The van der Waals surface area contributed by atoms with E-state index >= 15 is 0 Å². The summed E-state index contributed by atoms with van der Waals surface area (Å²) in [5.41, 5.74) is 2.58. The van der Waals surface area contributed by atoms with Crippen molar-refractivity contribution in [3.63, 3.8) is 0 Å². The van der Waals surface area contributed by atoms with Gasteiger partial charge in [0.25, 0.3) is 0 Å². The highest BCUT2D eigenvalue weighted by Crippen LogP contribution is 2.33. The predicted octanol–water partition coefficient (Wildman–Crippen LogP) is 6.14. The van der Waals surface area contributed by atoms with Gasteiger partial charge in [0.15, 0.2) is 0 Å². The standard InChI is InChI=1S/C22H34O/c1-3-5-6-8-19-13-15-21(16-14-19)22(23)17-20-11-9-18(7-4-2)10-12-20/h9-12,19,21H,3-8,13-17H2,1-2H3/t19-,21-. The van der Waals surface area contributed by atoms with Crippen LogP contribution in [0.4, 0.5) is 0 Å². The molecule has 0 bridgehead atoms. The number of hydrogen-bond donors (Lipinski definition) is 0. The smallest absolute Gasteiger partial charge is 0.140 e. The van der Waals surface area contributed by atoms with Crippen LogP contribution in [0.5, 0.6) is 0 Å². The fraction of sp³-hybridized carbons (Fsp3) is 0.682. The Bertz CT molecular complexity index is 451. The van der Waals surface area contributed by atoms with Gasteiger partial charge < -0.3 is 0 Å². The van der Waals surface area contributed by atoms with Crippen LogP contribution in [-0.2, 0) is 17.6 Å². The minimum absolute atomic E-state index is 0.327. The molecule has 1 aliphatic rings. The Kier molecular flexibility index (Phi) is 7.85. The molecule has 0 saturated heterocycles. The summed E-state index contributed by atoms with van der Waals surface area (Å²) in [5.74, 6) is 1.69. The quantitative estimate of drug-likeness (QED) is 0.500. The van der Waals surface area contributed by atoms with E-state index < -0.39 is 0 Å². The first-order valence-corrected chi connectivity index (χ1v) is 9.83. The van der Waals surface area contributed by atoms with Gasteiger partial charge >= 0.3 is 0 Å². The number of unbranched alkanes of at least 4 members (excludes halogenated alkanes) is 2. The first kappa shape index (κ1) is 18.2. The van der Waals surface area contributed by atoms with Crippen molar-refractivity contribution in [1.29, 1.82) is 0 Å². The van der Waals surface area contributed by atoms with Crippen LogP contribution < -0.4 is 0 Å². The van der Waals surface area contributed by atoms with Gasteiger partial charge in [0.2, 0.25) is 0 Å². The van der Waals surface area contributed by atoms with Gasteiger partial charge in [-0.25, -0.2) is 0 Å². The molecule has 1 fully saturated rings. The second-order valence-corrected chi connectivity index (χ2v) is 7.42. The third-order valence-electron chi connectivity index (χ3n) is 5.46. The van der Waals surface area contributed by atoms with Gasteiger partial charge in [-0.1, -0.05) is 70.2 Å². The van der Waals surface area contributed by atoms with Crippen LogP contribution in [0, 0.1) is 11.8 Å². The lowest BCUT2D eigenvalue weighted by Crippen LogP contribution is -2.23. The van der Waals surface area contributed by atoms with E-state index in [9.17, 15) is 4.79 Å². The van der Waals surface area contributed by atoms with E-state index in [1.54, 1.807) is 0 Å². The van der Waals surface area contributed by atoms with Gasteiger partial charge in [0, 0.05) is 12.3 Å². The fourth-order valence-corrected chi connectivity index (χ4v) is 3.91. The molecule has 1 saturated carbocycles. The first-order valence-electron chi connectivity index (χ1n) is 9.83. The maximum absolute atomic E-state index is 12.5. The molecule has 0 atom stereocenters. The summed E-state index contributed by atoms with van der Waals surface area (Å²) in [7, 11) is 0. The number of carbonyl (C=O) groups excluding carboxylic acids is 1. The number of carbonyl (C=O) groups is 1. The Morgan fingerprint density at radius 2 is 1.57 bits per heavy atom. The van der Waals surface area contributed by atoms with Gasteiger partial charge in [-0.2, -0.15) is 0 Å². The summed E-state index contributed by atoms with van der Waals surface area (Å²) in [6.07, 6.45) is 13.2. The molecule has 2 rings (SSSR count). The lowest BCUT2D eigenvalue weighted by Gasteiger charge is -2.27. The average molecular weight is 315 g/mol. The zero-order chi connectivity index (χ0) is 16.5. The molecule has 128 valence electrons. The molecule has 1 aromatic carbocycles. The maximum Gasteiger partial charge on any atom is 0.140 e. The zero-order valence-electron chi connectivity index (χ0n) is 15.2. The second-order valence-electron chi connectivity index (χ2n) is 7.42. The van der Waals surface area contributed by atoms with Gasteiger partial charge in [0.1, 0.15) is 5.78 Å². The number of ketones is 1. The topological polar surface area (TPSA) is 17.1 Å². The molecule has 0 heterocycles. The Balaban J connectivity index is 1.74. The molecule has 0 aliphatic heterocycles. The van der Waals surface area contributed by atoms with Gasteiger partial charge in [-0.15, -0.1) is 0 Å². The molecular formula is C22H34O. The van der Waals surface area contributed by atoms with Crippen molar-refractivity contribution in [2.75, 3.05) is 0 Å². The van der Waals surface area contributed by atoms with Crippen molar-refractivity contribution in [1.82, 2.24) is 0 Å². The molecule has 0 N–H and O–H groups in total. The Morgan fingerprint density at radius 3 is 2.17 bits per heavy atom. The van der Waals surface area contributed by atoms with E-state index in [4.69, 9.17) is 0 Å². The van der Waals surface area contributed by atoms with Crippen LogP contribution >= 0.6 is 0 Å². The monoisotopic (exact) mass is 314 g/mol. The molecule has 23 heavy (non-hydrogen) atoms. The highest BCUT2D eigenvalue weighted by molar-refractivity contribution is 5.83. The molecule has 0 radical (unpaired) electrons. The normalized spacial score (nSPS) is 21.3. The average Bonchev–Trinajstić information content (AvgIpc) is 2.58. The Morgan fingerprint density at radius 1 is 0.913 bits per heavy atom. The minimum atomic E-state index is 0.327. The third kappa shape index (κ3) is 6.12. The van der Waals surface area contributed by atoms with Crippen molar-refractivity contribution in [3.05, 3.63) is 35.4 Å². The SMILES string of the molecule is CCCCC[C@H]1CC[C@H](C(=O)Cc2ccc(CCC)cc2)CC1. The van der Waals surface area contributed by atoms with Crippen LogP contribution in [0.1, 0.15) is 82.8 Å². The molecule has 0 amide bonds. The summed E-state index contributed by atoms with van der Waals surface area (Å²) in [4.78, 5) is 12.5. The molecule has 0 spiro atoms. The number of Topliss-reactive ketones (excluding diaryl/α,β-unsaturated/α-hetero) is 1. The van der Waals surface area contributed by atoms with Gasteiger partial charge in [-0.05, 0) is 49.1 Å². The summed E-state index contributed by atoms with van der Waals surface area (Å²) < 4.78 is 0. The molecule has 1 heteroatoms. The largest absolute Gasteiger partial charge is 0.299 e. The summed E-state index contributed by atoms with van der Waals surface area (Å²) in [6, 6.07) is 8.69. The molecule has 0 unspecified atom stereocenters. The molecule has 1 aromatic rings. The van der Waals surface area contributed by atoms with E-state index in [2.05, 4.69) is 38.1 Å². The van der Waals surface area contributed by atoms with Crippen LogP contribution in [0.25, 0.3) is 0 Å². The molecular weight excluding hydrogens is 280 g/mol. The number of aryl methyl sites for hydroxylation is 1. The second kappa shape index (κ2) is 9.90. The molecule has 1 aliphatic carbocycles. The van der Waals surface area contributed by atoms with Crippen LogP contribution in [0.3, 0.4) is 0 Å². The minimum Gasteiger partial charge on any atom is -0.299 e. The zero-order valence-corrected chi connectivity index (χ0v) is 15.2. The van der Waals surface area contributed by atoms with Crippen LogP contribution in [0.2, 0.25) is 0 Å². The van der Waals surface area contributed by atoms with E-state index in [-0.39, 0.29) is 0 Å². The summed E-state index contributed by atoms with van der Waals surface area (Å²) in [6.45, 7) is 4.47. The van der Waals surface area contributed by atoms with Crippen molar-refractivity contribution in [2.45, 2.75) is 84.5 Å². The van der Waals surface area contributed by atoms with Crippen LogP contribution in [0.15, 0.2) is 24.3 Å². The van der Waals surface area contributed by atoms with Crippen molar-refractivity contribution < 1.29 is 4.79 Å². The van der Waals surface area contributed by atoms with Gasteiger partial charge in [-0.3, -0.25) is 4.79 Å². The maximum atomic E-state index is 12.5. The first-order chi connectivity index (χ1) is 11.2. The van der Waals surface area contributed by atoms with Gasteiger partial charge in [0.05, 0.1) is 0 Å². The fourth-order valence-electron chi connectivity index (χ4n) is 3.91. The molecule has 1 nitrogen and oxygen atoms in total. The Labute approximate surface area is 142 Å². The predicted molar refractivity (Wildman–Crippen MR) is 98.7 cm³/mol. The number of rotatable bonds is 9. The highest BCUT2D eigenvalue weighted by atomic mass is 16.1. The van der Waals surface area contributed by atoms with Crippen molar-refractivity contribution in [3.8, 4) is 0 Å². The van der Waals surface area contributed by atoms with Crippen molar-refractivity contribution >= 4 is 5.78 Å². The highest BCUT2D eigenvalue weighted by Gasteiger charge is 2.25. The summed E-state index contributed by atoms with van der Waals surface area (Å²) >= 11 is 0. The van der Waals surface area contributed by atoms with E-state index in [1.165, 1.54) is 56.1 Å². The van der Waals surface area contributed by atoms with Crippen LogP contribution in [-0.4, -0.2) is 5.78 Å². The van der Waals surface area contributed by atoms with E-state index in [0.717, 1.165) is 25.2 Å².